The van der Waals surface area contributed by atoms with E-state index in [1.807, 2.05) is 12.2 Å². The lowest BCUT2D eigenvalue weighted by atomic mass is 9.83. The molecule has 0 heterocycles. The Labute approximate surface area is 80.5 Å². The summed E-state index contributed by atoms with van der Waals surface area (Å²) in [6.45, 7) is 7.65. The highest BCUT2D eigenvalue weighted by Gasteiger charge is 2.19. The van der Waals surface area contributed by atoms with E-state index < -0.39 is 0 Å². The monoisotopic (exact) mass is 178 g/mol. The Balaban J connectivity index is 2.40. The van der Waals surface area contributed by atoms with Crippen molar-refractivity contribution >= 4 is 0 Å². The molecule has 0 atom stereocenters. The third-order valence-electron chi connectivity index (χ3n) is 2.67. The molecule has 0 bridgehead atoms. The van der Waals surface area contributed by atoms with Crippen LogP contribution in [-0.2, 0) is 0 Å². The van der Waals surface area contributed by atoms with Crippen molar-refractivity contribution in [2.45, 2.75) is 31.8 Å². The molecule has 0 aromatic carbocycles. The largest absolute Gasteiger partial charge is 0.393 e. The van der Waals surface area contributed by atoms with Crippen LogP contribution in [0.3, 0.4) is 0 Å². The number of hydrogen-bond donors (Lipinski definition) is 1. The van der Waals surface area contributed by atoms with Gasteiger partial charge in [0.25, 0.3) is 0 Å². The molecule has 0 aliphatic heterocycles. The third-order valence-corrected chi connectivity index (χ3v) is 2.67. The summed E-state index contributed by atoms with van der Waals surface area (Å²) in [4.78, 5) is 0. The Bertz CT molecular complexity index is 207. The van der Waals surface area contributed by atoms with Crippen LogP contribution in [0.2, 0.25) is 0 Å². The molecule has 1 fully saturated rings. The average molecular weight is 178 g/mol. The predicted octanol–water partition coefficient (Wildman–Crippen LogP) is 2.84. The number of aliphatic hydroxyl groups is 1. The molecule has 0 aromatic rings. The molecule has 0 amide bonds. The van der Waals surface area contributed by atoms with Crippen molar-refractivity contribution in [3.63, 3.8) is 0 Å². The van der Waals surface area contributed by atoms with Gasteiger partial charge in [0, 0.05) is 0 Å². The minimum absolute atomic E-state index is 0.0765. The normalized spacial score (nSPS) is 29.0. The average Bonchev–Trinajstić information content (AvgIpc) is 2.15. The van der Waals surface area contributed by atoms with Gasteiger partial charge in [0.2, 0.25) is 0 Å². The molecule has 72 valence electrons. The first-order valence-corrected chi connectivity index (χ1v) is 4.90. The van der Waals surface area contributed by atoms with Crippen LogP contribution in [0, 0.1) is 5.92 Å². The third kappa shape index (κ3) is 3.19. The second-order valence-corrected chi connectivity index (χ2v) is 3.68. The summed E-state index contributed by atoms with van der Waals surface area (Å²) < 4.78 is 0. The molecule has 0 spiro atoms. The lowest BCUT2D eigenvalue weighted by Gasteiger charge is -2.25. The van der Waals surface area contributed by atoms with Crippen LogP contribution in [0.25, 0.3) is 0 Å². The van der Waals surface area contributed by atoms with E-state index in [4.69, 9.17) is 0 Å². The van der Waals surface area contributed by atoms with Gasteiger partial charge in [-0.3, -0.25) is 0 Å². The van der Waals surface area contributed by atoms with E-state index in [1.54, 1.807) is 6.08 Å². The highest BCUT2D eigenvalue weighted by atomic mass is 16.3. The lowest BCUT2D eigenvalue weighted by molar-refractivity contribution is 0.116. The van der Waals surface area contributed by atoms with Gasteiger partial charge in [-0.15, -0.1) is 0 Å². The maximum atomic E-state index is 9.32. The fourth-order valence-electron chi connectivity index (χ4n) is 1.77. The first kappa shape index (κ1) is 10.3. The second kappa shape index (κ2) is 5.03. The zero-order valence-electron chi connectivity index (χ0n) is 8.08. The molecule has 1 N–H and O–H groups in total. The molecule has 0 saturated heterocycles. The first-order valence-electron chi connectivity index (χ1n) is 4.90. The van der Waals surface area contributed by atoms with Crippen LogP contribution < -0.4 is 0 Å². The van der Waals surface area contributed by atoms with Crippen molar-refractivity contribution in [2.24, 2.45) is 5.92 Å². The quantitative estimate of drug-likeness (QED) is 0.659. The fraction of sp³-hybridized carbons (Fsp3) is 0.500. The van der Waals surface area contributed by atoms with Gasteiger partial charge < -0.3 is 5.11 Å². The molecule has 1 aliphatic rings. The highest BCUT2D eigenvalue weighted by molar-refractivity contribution is 5.21. The number of allylic oxidation sites excluding steroid dienone is 4. The first-order chi connectivity index (χ1) is 6.24. The van der Waals surface area contributed by atoms with E-state index in [9.17, 15) is 5.11 Å². The molecule has 1 rings (SSSR count). The van der Waals surface area contributed by atoms with Gasteiger partial charge in [-0.05, 0) is 31.6 Å². The lowest BCUT2D eigenvalue weighted by Crippen LogP contribution is -2.18. The molecule has 1 saturated carbocycles. The van der Waals surface area contributed by atoms with E-state index in [0.717, 1.165) is 25.7 Å². The number of hydrogen-bond acceptors (Lipinski definition) is 1. The second-order valence-electron chi connectivity index (χ2n) is 3.68. The molecular weight excluding hydrogens is 160 g/mol. The van der Waals surface area contributed by atoms with E-state index in [1.165, 1.54) is 5.57 Å². The summed E-state index contributed by atoms with van der Waals surface area (Å²) in [5, 5.41) is 9.32. The zero-order valence-corrected chi connectivity index (χ0v) is 8.08. The maximum absolute atomic E-state index is 9.32. The van der Waals surface area contributed by atoms with Crippen LogP contribution in [0.4, 0.5) is 0 Å². The Kier molecular flexibility index (Phi) is 3.97. The van der Waals surface area contributed by atoms with Crippen LogP contribution >= 0.6 is 0 Å². The minimum Gasteiger partial charge on any atom is -0.393 e. The van der Waals surface area contributed by atoms with Crippen LogP contribution in [0.1, 0.15) is 25.7 Å². The zero-order chi connectivity index (χ0) is 9.68. The molecule has 0 radical (unpaired) electrons. The minimum atomic E-state index is -0.0765. The summed E-state index contributed by atoms with van der Waals surface area (Å²) in [5.74, 6) is 0.569. The standard InChI is InChI=1S/C12H18O/c1-3-4-5-10(2)11-6-8-12(13)9-7-11/h3-5,11-13H,1-2,6-9H2/b5-4-. The van der Waals surface area contributed by atoms with Crippen molar-refractivity contribution < 1.29 is 5.11 Å². The molecule has 0 unspecified atom stereocenters. The molecule has 0 aromatic heterocycles. The van der Waals surface area contributed by atoms with Gasteiger partial charge in [0.1, 0.15) is 0 Å². The van der Waals surface area contributed by atoms with E-state index >= 15 is 0 Å². The Morgan fingerprint density at radius 2 is 1.85 bits per heavy atom. The van der Waals surface area contributed by atoms with Gasteiger partial charge in [0.05, 0.1) is 6.10 Å². The summed E-state index contributed by atoms with van der Waals surface area (Å²) in [6.07, 6.45) is 9.62. The summed E-state index contributed by atoms with van der Waals surface area (Å²) >= 11 is 0. The van der Waals surface area contributed by atoms with Crippen molar-refractivity contribution in [3.8, 4) is 0 Å². The van der Waals surface area contributed by atoms with Crippen molar-refractivity contribution in [2.75, 3.05) is 0 Å². The van der Waals surface area contributed by atoms with Gasteiger partial charge >= 0.3 is 0 Å². The van der Waals surface area contributed by atoms with E-state index in [-0.39, 0.29) is 6.10 Å². The Hall–Kier alpha value is -0.820. The van der Waals surface area contributed by atoms with Gasteiger partial charge in [-0.2, -0.15) is 0 Å². The van der Waals surface area contributed by atoms with E-state index in [2.05, 4.69) is 13.2 Å². The van der Waals surface area contributed by atoms with Crippen LogP contribution in [0.5, 0.6) is 0 Å². The Morgan fingerprint density at radius 1 is 1.23 bits per heavy atom. The smallest absolute Gasteiger partial charge is 0.0540 e. The molecule has 1 heteroatoms. The topological polar surface area (TPSA) is 20.2 Å². The van der Waals surface area contributed by atoms with Crippen LogP contribution in [-0.4, -0.2) is 11.2 Å². The molecule has 13 heavy (non-hydrogen) atoms. The fourth-order valence-corrected chi connectivity index (χ4v) is 1.77. The molecule has 1 nitrogen and oxygen atoms in total. The van der Waals surface area contributed by atoms with Gasteiger partial charge in [-0.25, -0.2) is 0 Å². The molecule has 1 aliphatic carbocycles. The summed E-state index contributed by atoms with van der Waals surface area (Å²) in [6, 6.07) is 0. The predicted molar refractivity (Wildman–Crippen MR) is 56.4 cm³/mol. The molecular formula is C12H18O. The number of aliphatic hydroxyl groups excluding tert-OH is 1. The SMILES string of the molecule is C=C/C=C\C(=C)C1CCC(O)CC1. The van der Waals surface area contributed by atoms with E-state index in [0.29, 0.717) is 5.92 Å². The van der Waals surface area contributed by atoms with Crippen LogP contribution in [0.15, 0.2) is 37.0 Å². The number of rotatable bonds is 3. The van der Waals surface area contributed by atoms with Crippen molar-refractivity contribution in [3.05, 3.63) is 37.0 Å². The van der Waals surface area contributed by atoms with Gasteiger partial charge in [0.15, 0.2) is 0 Å². The highest BCUT2D eigenvalue weighted by Crippen LogP contribution is 2.29. The van der Waals surface area contributed by atoms with Crippen molar-refractivity contribution in [1.29, 1.82) is 0 Å². The maximum Gasteiger partial charge on any atom is 0.0540 e. The summed E-state index contributed by atoms with van der Waals surface area (Å²) in [5.41, 5.74) is 1.17. The van der Waals surface area contributed by atoms with Crippen molar-refractivity contribution in [1.82, 2.24) is 0 Å². The summed E-state index contributed by atoms with van der Waals surface area (Å²) in [7, 11) is 0. The van der Waals surface area contributed by atoms with Gasteiger partial charge in [-0.1, -0.05) is 37.0 Å². The Morgan fingerprint density at radius 3 is 2.38 bits per heavy atom.